The summed E-state index contributed by atoms with van der Waals surface area (Å²) in [6, 6.07) is 0.0356. The number of hydrogen-bond acceptors (Lipinski definition) is 3. The largest absolute Gasteiger partial charge is 0.459 e. The first-order chi connectivity index (χ1) is 7.11. The predicted octanol–water partition coefficient (Wildman–Crippen LogP) is 1.63. The molecule has 0 saturated heterocycles. The highest BCUT2D eigenvalue weighted by Crippen LogP contribution is 2.02. The van der Waals surface area contributed by atoms with E-state index in [0.717, 1.165) is 25.7 Å². The van der Waals surface area contributed by atoms with Gasteiger partial charge in [0.25, 0.3) is 0 Å². The molecule has 15 heavy (non-hydrogen) atoms. The molecule has 1 amide bonds. The zero-order valence-electron chi connectivity index (χ0n) is 9.84. The molecule has 0 aliphatic heterocycles. The SMILES string of the molecule is CCCCCC(C)NC(=O)C(=O)OCC. The zero-order valence-corrected chi connectivity index (χ0v) is 9.84. The van der Waals surface area contributed by atoms with Crippen LogP contribution < -0.4 is 5.32 Å². The molecule has 0 aliphatic carbocycles. The first-order valence-corrected chi connectivity index (χ1v) is 5.59. The van der Waals surface area contributed by atoms with E-state index >= 15 is 0 Å². The summed E-state index contributed by atoms with van der Waals surface area (Å²) in [6.45, 7) is 5.93. The number of hydrogen-bond donors (Lipinski definition) is 1. The van der Waals surface area contributed by atoms with Crippen LogP contribution in [0.25, 0.3) is 0 Å². The van der Waals surface area contributed by atoms with Gasteiger partial charge in [-0.3, -0.25) is 4.79 Å². The first kappa shape index (κ1) is 13.9. The standard InChI is InChI=1S/C11H21NO3/c1-4-6-7-8-9(3)12-10(13)11(14)15-5-2/h9H,4-8H2,1-3H3,(H,12,13). The molecule has 0 heterocycles. The molecule has 0 aromatic carbocycles. The maximum absolute atomic E-state index is 11.2. The molecule has 0 rings (SSSR count). The van der Waals surface area contributed by atoms with E-state index in [-0.39, 0.29) is 12.6 Å². The van der Waals surface area contributed by atoms with Gasteiger partial charge in [-0.15, -0.1) is 0 Å². The number of ether oxygens (including phenoxy) is 1. The Bertz CT molecular complexity index is 204. The second-order valence-corrected chi connectivity index (χ2v) is 3.59. The number of unbranched alkanes of at least 4 members (excludes halogenated alkanes) is 2. The zero-order chi connectivity index (χ0) is 11.7. The van der Waals surface area contributed by atoms with Crippen LogP contribution in [0.1, 0.15) is 46.5 Å². The maximum Gasteiger partial charge on any atom is 0.396 e. The summed E-state index contributed by atoms with van der Waals surface area (Å²) < 4.78 is 4.58. The third-order valence-electron chi connectivity index (χ3n) is 2.08. The van der Waals surface area contributed by atoms with Crippen molar-refractivity contribution in [3.05, 3.63) is 0 Å². The lowest BCUT2D eigenvalue weighted by Gasteiger charge is -2.12. The second-order valence-electron chi connectivity index (χ2n) is 3.59. The van der Waals surface area contributed by atoms with Gasteiger partial charge in [0.1, 0.15) is 0 Å². The van der Waals surface area contributed by atoms with E-state index in [0.29, 0.717) is 0 Å². The fourth-order valence-corrected chi connectivity index (χ4v) is 1.25. The first-order valence-electron chi connectivity index (χ1n) is 5.59. The number of nitrogens with one attached hydrogen (secondary N) is 1. The fraction of sp³-hybridized carbons (Fsp3) is 0.818. The lowest BCUT2D eigenvalue weighted by atomic mass is 10.1. The monoisotopic (exact) mass is 215 g/mol. The Balaban J connectivity index is 3.70. The molecule has 0 spiro atoms. The second kappa shape index (κ2) is 8.26. The van der Waals surface area contributed by atoms with Crippen LogP contribution in [0.4, 0.5) is 0 Å². The van der Waals surface area contributed by atoms with Crippen molar-refractivity contribution in [2.24, 2.45) is 0 Å². The van der Waals surface area contributed by atoms with Crippen LogP contribution in [0.2, 0.25) is 0 Å². The molecule has 4 heteroatoms. The van der Waals surface area contributed by atoms with Crippen molar-refractivity contribution in [1.82, 2.24) is 5.32 Å². The topological polar surface area (TPSA) is 55.4 Å². The van der Waals surface area contributed by atoms with Crippen molar-refractivity contribution in [3.8, 4) is 0 Å². The lowest BCUT2D eigenvalue weighted by molar-refractivity contribution is -0.154. The third kappa shape index (κ3) is 6.94. The van der Waals surface area contributed by atoms with E-state index in [2.05, 4.69) is 17.0 Å². The molecule has 1 unspecified atom stereocenters. The van der Waals surface area contributed by atoms with Crippen molar-refractivity contribution in [1.29, 1.82) is 0 Å². The smallest absolute Gasteiger partial charge is 0.396 e. The van der Waals surface area contributed by atoms with Gasteiger partial charge in [0.05, 0.1) is 6.61 Å². The van der Waals surface area contributed by atoms with E-state index in [1.807, 2.05) is 6.92 Å². The molecule has 0 fully saturated rings. The molecular formula is C11H21NO3. The number of amides is 1. The highest BCUT2D eigenvalue weighted by atomic mass is 16.5. The molecule has 0 radical (unpaired) electrons. The van der Waals surface area contributed by atoms with Gasteiger partial charge < -0.3 is 10.1 Å². The average Bonchev–Trinajstić information content (AvgIpc) is 2.18. The minimum absolute atomic E-state index is 0.0356. The quantitative estimate of drug-likeness (QED) is 0.416. The maximum atomic E-state index is 11.2. The van der Waals surface area contributed by atoms with Gasteiger partial charge in [0.15, 0.2) is 0 Å². The van der Waals surface area contributed by atoms with Gasteiger partial charge in [-0.1, -0.05) is 26.2 Å². The number of esters is 1. The summed E-state index contributed by atoms with van der Waals surface area (Å²) in [5, 5.41) is 2.61. The molecule has 4 nitrogen and oxygen atoms in total. The Hall–Kier alpha value is -1.06. The molecule has 0 aromatic rings. The summed E-state index contributed by atoms with van der Waals surface area (Å²) in [6.07, 6.45) is 4.28. The Morgan fingerprint density at radius 1 is 1.27 bits per heavy atom. The Kier molecular flexibility index (Phi) is 7.68. The van der Waals surface area contributed by atoms with E-state index in [1.165, 1.54) is 0 Å². The van der Waals surface area contributed by atoms with Crippen LogP contribution in [0.3, 0.4) is 0 Å². The van der Waals surface area contributed by atoms with Gasteiger partial charge in [-0.2, -0.15) is 0 Å². The summed E-state index contributed by atoms with van der Waals surface area (Å²) in [4.78, 5) is 22.2. The Morgan fingerprint density at radius 2 is 1.93 bits per heavy atom. The van der Waals surface area contributed by atoms with E-state index in [9.17, 15) is 9.59 Å². The highest BCUT2D eigenvalue weighted by Gasteiger charge is 2.16. The minimum Gasteiger partial charge on any atom is -0.459 e. The van der Waals surface area contributed by atoms with Crippen molar-refractivity contribution >= 4 is 11.9 Å². The van der Waals surface area contributed by atoms with Crippen LogP contribution in [0, 0.1) is 0 Å². The summed E-state index contributed by atoms with van der Waals surface area (Å²) in [5.74, 6) is -1.43. The number of carbonyl (C=O) groups excluding carboxylic acids is 2. The number of rotatable bonds is 6. The van der Waals surface area contributed by atoms with Gasteiger partial charge in [-0.05, 0) is 20.3 Å². The summed E-state index contributed by atoms with van der Waals surface area (Å²) >= 11 is 0. The third-order valence-corrected chi connectivity index (χ3v) is 2.08. The Morgan fingerprint density at radius 3 is 2.47 bits per heavy atom. The molecule has 0 aromatic heterocycles. The van der Waals surface area contributed by atoms with Gasteiger partial charge >= 0.3 is 11.9 Å². The summed E-state index contributed by atoms with van der Waals surface area (Å²) in [5.41, 5.74) is 0. The highest BCUT2D eigenvalue weighted by molar-refractivity contribution is 6.32. The Labute approximate surface area is 91.4 Å². The molecule has 1 atom stereocenters. The fourth-order valence-electron chi connectivity index (χ4n) is 1.25. The molecule has 0 aliphatic rings. The molecule has 0 bridgehead atoms. The van der Waals surface area contributed by atoms with E-state index in [4.69, 9.17) is 0 Å². The normalized spacial score (nSPS) is 11.9. The van der Waals surface area contributed by atoms with Gasteiger partial charge in [-0.25, -0.2) is 4.79 Å². The molecule has 0 saturated carbocycles. The van der Waals surface area contributed by atoms with E-state index in [1.54, 1.807) is 6.92 Å². The molecule has 88 valence electrons. The van der Waals surface area contributed by atoms with Crippen LogP contribution in [0.5, 0.6) is 0 Å². The number of carbonyl (C=O) groups is 2. The average molecular weight is 215 g/mol. The molecular weight excluding hydrogens is 194 g/mol. The predicted molar refractivity (Wildman–Crippen MR) is 58.4 cm³/mol. The van der Waals surface area contributed by atoms with E-state index < -0.39 is 11.9 Å². The van der Waals surface area contributed by atoms with Gasteiger partial charge in [0, 0.05) is 6.04 Å². The van der Waals surface area contributed by atoms with Crippen molar-refractivity contribution in [2.45, 2.75) is 52.5 Å². The summed E-state index contributed by atoms with van der Waals surface area (Å²) in [7, 11) is 0. The van der Waals surface area contributed by atoms with Crippen LogP contribution in [-0.2, 0) is 14.3 Å². The van der Waals surface area contributed by atoms with Crippen molar-refractivity contribution < 1.29 is 14.3 Å². The lowest BCUT2D eigenvalue weighted by Crippen LogP contribution is -2.38. The van der Waals surface area contributed by atoms with Crippen molar-refractivity contribution in [2.75, 3.05) is 6.61 Å². The van der Waals surface area contributed by atoms with Gasteiger partial charge in [0.2, 0.25) is 0 Å². The van der Waals surface area contributed by atoms with Crippen LogP contribution in [0.15, 0.2) is 0 Å². The van der Waals surface area contributed by atoms with Crippen LogP contribution >= 0.6 is 0 Å². The molecule has 1 N–H and O–H groups in total. The van der Waals surface area contributed by atoms with Crippen LogP contribution in [-0.4, -0.2) is 24.5 Å². The minimum atomic E-state index is -0.792. The van der Waals surface area contributed by atoms with Crippen molar-refractivity contribution in [3.63, 3.8) is 0 Å².